The van der Waals surface area contributed by atoms with Gasteiger partial charge in [-0.2, -0.15) is 0 Å². The van der Waals surface area contributed by atoms with Crippen molar-refractivity contribution in [2.45, 2.75) is 48.8 Å². The number of rotatable bonds is 5. The largest absolute Gasteiger partial charge is 0.508 e. The van der Waals surface area contributed by atoms with Crippen molar-refractivity contribution >= 4 is 23.5 Å². The quantitative estimate of drug-likeness (QED) is 0.352. The van der Waals surface area contributed by atoms with Crippen LogP contribution >= 0.6 is 23.5 Å². The fraction of sp³-hybridized carbons (Fsp3) is 0.455. The summed E-state index contributed by atoms with van der Waals surface area (Å²) in [5.74, 6) is 1.34. The van der Waals surface area contributed by atoms with Crippen molar-refractivity contribution in [3.05, 3.63) is 35.4 Å². The molecule has 2 aromatic carbocycles. The fourth-order valence-electron chi connectivity index (χ4n) is 4.05. The van der Waals surface area contributed by atoms with Gasteiger partial charge in [-0.25, -0.2) is 0 Å². The number of thioether (sulfide) groups is 2. The minimum absolute atomic E-state index is 0.115. The van der Waals surface area contributed by atoms with Gasteiger partial charge in [0.05, 0.1) is 21.6 Å². The minimum Gasteiger partial charge on any atom is -0.508 e. The highest BCUT2D eigenvalue weighted by atomic mass is 32.2. The summed E-state index contributed by atoms with van der Waals surface area (Å²) in [6.07, 6.45) is -2.73. The van der Waals surface area contributed by atoms with Crippen LogP contribution in [0.3, 0.4) is 0 Å². The molecule has 0 saturated carbocycles. The molecule has 0 aromatic heterocycles. The normalized spacial score (nSPS) is 28.9. The number of fused-ring (bicyclic) bond motifs is 2. The van der Waals surface area contributed by atoms with E-state index >= 15 is 0 Å². The van der Waals surface area contributed by atoms with E-state index in [1.54, 1.807) is 13.8 Å². The van der Waals surface area contributed by atoms with Gasteiger partial charge in [0.1, 0.15) is 58.9 Å². The molecule has 6 N–H and O–H groups in total. The zero-order valence-corrected chi connectivity index (χ0v) is 19.1. The predicted octanol–water partition coefficient (Wildman–Crippen LogP) is 3.04. The summed E-state index contributed by atoms with van der Waals surface area (Å²) < 4.78 is 11.3. The molecule has 4 rings (SSSR count). The van der Waals surface area contributed by atoms with E-state index in [1.165, 1.54) is 47.8 Å². The molecule has 0 spiro atoms. The lowest BCUT2D eigenvalue weighted by Gasteiger charge is -2.36. The van der Waals surface area contributed by atoms with Crippen molar-refractivity contribution in [2.75, 3.05) is 11.5 Å². The summed E-state index contributed by atoms with van der Waals surface area (Å²) in [6.45, 7) is 3.46. The summed E-state index contributed by atoms with van der Waals surface area (Å²) in [6, 6.07) is 5.30. The zero-order chi connectivity index (χ0) is 23.2. The molecule has 2 aliphatic heterocycles. The fourth-order valence-corrected chi connectivity index (χ4v) is 6.97. The number of hydrogen-bond acceptors (Lipinski definition) is 10. The van der Waals surface area contributed by atoms with Crippen LogP contribution in [0.15, 0.2) is 24.3 Å². The Hall–Kier alpha value is -2.14. The Morgan fingerprint density at radius 1 is 0.688 bits per heavy atom. The first kappa shape index (κ1) is 23.0. The van der Waals surface area contributed by atoms with Gasteiger partial charge in [-0.1, -0.05) is 0 Å². The number of ether oxygens (including phenoxy) is 2. The Bertz CT molecular complexity index is 921. The molecule has 0 unspecified atom stereocenters. The highest BCUT2D eigenvalue weighted by Gasteiger charge is 2.39. The molecule has 8 nitrogen and oxygen atoms in total. The lowest BCUT2D eigenvalue weighted by molar-refractivity contribution is 0.0294. The van der Waals surface area contributed by atoms with Gasteiger partial charge in [0.25, 0.3) is 0 Å². The van der Waals surface area contributed by atoms with Crippen molar-refractivity contribution in [1.82, 2.24) is 0 Å². The van der Waals surface area contributed by atoms with Crippen molar-refractivity contribution in [2.24, 2.45) is 0 Å². The Kier molecular flexibility index (Phi) is 6.49. The van der Waals surface area contributed by atoms with Gasteiger partial charge in [0.2, 0.25) is 0 Å². The average Bonchev–Trinajstić information content (AvgIpc) is 2.70. The van der Waals surface area contributed by atoms with Crippen LogP contribution in [0.25, 0.3) is 0 Å². The van der Waals surface area contributed by atoms with E-state index in [9.17, 15) is 30.6 Å². The van der Waals surface area contributed by atoms with E-state index in [4.69, 9.17) is 9.47 Å². The van der Waals surface area contributed by atoms with Crippen LogP contribution in [0.2, 0.25) is 0 Å². The number of aliphatic hydroxyl groups excluding tert-OH is 2. The van der Waals surface area contributed by atoms with Gasteiger partial charge in [-0.05, 0) is 13.8 Å². The van der Waals surface area contributed by atoms with Crippen LogP contribution in [0.5, 0.6) is 34.5 Å². The molecule has 0 radical (unpaired) electrons. The molecule has 0 saturated heterocycles. The molecule has 10 heteroatoms. The molecule has 6 atom stereocenters. The number of phenolic OH excluding ortho intramolecular Hbond substituents is 4. The first-order valence-electron chi connectivity index (χ1n) is 10.2. The predicted molar refractivity (Wildman–Crippen MR) is 122 cm³/mol. The molecular formula is C22H26O8S2. The van der Waals surface area contributed by atoms with E-state index in [0.29, 0.717) is 34.1 Å². The van der Waals surface area contributed by atoms with Crippen LogP contribution < -0.4 is 9.47 Å². The number of aliphatic hydroxyl groups is 2. The maximum Gasteiger partial charge on any atom is 0.131 e. The second kappa shape index (κ2) is 9.01. The highest BCUT2D eigenvalue weighted by Crippen LogP contribution is 2.51. The van der Waals surface area contributed by atoms with Crippen LogP contribution in [0.1, 0.15) is 35.5 Å². The van der Waals surface area contributed by atoms with E-state index in [2.05, 4.69) is 0 Å². The average molecular weight is 483 g/mol. The Morgan fingerprint density at radius 3 is 1.44 bits per heavy atom. The van der Waals surface area contributed by atoms with Gasteiger partial charge in [-0.15, -0.1) is 23.5 Å². The monoisotopic (exact) mass is 482 g/mol. The Morgan fingerprint density at radius 2 is 1.06 bits per heavy atom. The molecule has 174 valence electrons. The third kappa shape index (κ3) is 4.24. The molecule has 2 aromatic rings. The van der Waals surface area contributed by atoms with Crippen molar-refractivity contribution in [1.29, 1.82) is 0 Å². The second-order valence-electron chi connectivity index (χ2n) is 7.96. The maximum absolute atomic E-state index is 10.7. The molecule has 0 bridgehead atoms. The van der Waals surface area contributed by atoms with Gasteiger partial charge in [-0.3, -0.25) is 0 Å². The summed E-state index contributed by atoms with van der Waals surface area (Å²) in [5.41, 5.74) is 0.892. The Labute approximate surface area is 193 Å². The van der Waals surface area contributed by atoms with Crippen LogP contribution in [-0.2, 0) is 0 Å². The van der Waals surface area contributed by atoms with E-state index < -0.39 is 34.9 Å². The molecule has 2 aliphatic rings. The third-order valence-electron chi connectivity index (χ3n) is 5.67. The van der Waals surface area contributed by atoms with Crippen LogP contribution in [-0.4, -0.2) is 66.6 Å². The lowest BCUT2D eigenvalue weighted by atomic mass is 9.98. The summed E-state index contributed by atoms with van der Waals surface area (Å²) in [5, 5.41) is 60.6. The van der Waals surface area contributed by atoms with Crippen LogP contribution in [0, 0.1) is 0 Å². The molecular weight excluding hydrogens is 456 g/mol. The second-order valence-corrected chi connectivity index (χ2v) is 10.5. The van der Waals surface area contributed by atoms with E-state index in [0.717, 1.165) is 0 Å². The van der Waals surface area contributed by atoms with Crippen molar-refractivity contribution in [3.63, 3.8) is 0 Å². The summed E-state index contributed by atoms with van der Waals surface area (Å²) in [7, 11) is 0. The number of benzene rings is 2. The van der Waals surface area contributed by atoms with Gasteiger partial charge in [0, 0.05) is 35.8 Å². The maximum atomic E-state index is 10.7. The summed E-state index contributed by atoms with van der Waals surface area (Å²) >= 11 is 2.89. The smallest absolute Gasteiger partial charge is 0.131 e. The third-order valence-corrected chi connectivity index (χ3v) is 8.55. The van der Waals surface area contributed by atoms with E-state index in [1.807, 2.05) is 0 Å². The standard InChI is InChI=1S/C22H26O8S2/c1-9-19(27)21(17-13(25)5-11(23)7-15(17)29-9)31-3-4-32-22-18-14(26)6-12(24)8-16(18)30-10(2)20(22)28/h5-10,19-28H,3-4H2,1-2H3/t9-,10-,19+,20+,21+,22+/m1/s1. The topological polar surface area (TPSA) is 140 Å². The molecule has 32 heavy (non-hydrogen) atoms. The van der Waals surface area contributed by atoms with Crippen molar-refractivity contribution < 1.29 is 40.1 Å². The molecule has 2 heterocycles. The Balaban J connectivity index is 1.47. The number of aromatic hydroxyl groups is 4. The molecule has 0 amide bonds. The minimum atomic E-state index is -0.852. The first-order valence-corrected chi connectivity index (χ1v) is 12.3. The number of phenols is 4. The van der Waals surface area contributed by atoms with Crippen LogP contribution in [0.4, 0.5) is 0 Å². The number of hydrogen-bond donors (Lipinski definition) is 6. The molecule has 0 aliphatic carbocycles. The summed E-state index contributed by atoms with van der Waals surface area (Å²) in [4.78, 5) is 0. The van der Waals surface area contributed by atoms with Gasteiger partial charge in [0.15, 0.2) is 0 Å². The first-order chi connectivity index (χ1) is 15.2. The lowest BCUT2D eigenvalue weighted by Crippen LogP contribution is -2.38. The van der Waals surface area contributed by atoms with Crippen molar-refractivity contribution in [3.8, 4) is 34.5 Å². The van der Waals surface area contributed by atoms with Gasteiger partial charge < -0.3 is 40.1 Å². The zero-order valence-electron chi connectivity index (χ0n) is 17.5. The molecule has 0 fully saturated rings. The SMILES string of the molecule is C[C@H]1Oc2cc(O)cc(O)c2[C@H](SCCS[C@H]2c3c(O)cc(O)cc3O[C@H](C)[C@@H]2O)[C@H]1O. The van der Waals surface area contributed by atoms with E-state index in [-0.39, 0.29) is 23.0 Å². The van der Waals surface area contributed by atoms with Gasteiger partial charge >= 0.3 is 0 Å². The highest BCUT2D eigenvalue weighted by molar-refractivity contribution is 8.03.